The first kappa shape index (κ1) is 14.9. The molecule has 1 fully saturated rings. The summed E-state index contributed by atoms with van der Waals surface area (Å²) >= 11 is 2.06. The van der Waals surface area contributed by atoms with E-state index in [0.29, 0.717) is 10.7 Å². The van der Waals surface area contributed by atoms with E-state index in [1.54, 1.807) is 0 Å². The lowest BCUT2D eigenvalue weighted by Gasteiger charge is -2.27. The van der Waals surface area contributed by atoms with Crippen molar-refractivity contribution in [3.05, 3.63) is 35.4 Å². The van der Waals surface area contributed by atoms with Crippen LogP contribution in [0, 0.1) is 0 Å². The predicted octanol–water partition coefficient (Wildman–Crippen LogP) is 4.58. The molecule has 0 saturated heterocycles. The van der Waals surface area contributed by atoms with E-state index in [1.165, 1.54) is 36.8 Å². The Morgan fingerprint density at radius 3 is 2.32 bits per heavy atom. The Balaban J connectivity index is 1.82. The fraction of sp³-hybridized carbons (Fsp3) is 0.647. The van der Waals surface area contributed by atoms with Gasteiger partial charge in [0.15, 0.2) is 0 Å². The van der Waals surface area contributed by atoms with Crippen molar-refractivity contribution in [1.82, 2.24) is 5.32 Å². The van der Waals surface area contributed by atoms with Crippen LogP contribution in [0.2, 0.25) is 0 Å². The van der Waals surface area contributed by atoms with Gasteiger partial charge < -0.3 is 5.32 Å². The molecule has 1 aromatic carbocycles. The van der Waals surface area contributed by atoms with Crippen LogP contribution in [0.3, 0.4) is 0 Å². The molecule has 19 heavy (non-hydrogen) atoms. The van der Waals surface area contributed by atoms with Gasteiger partial charge in [0.1, 0.15) is 0 Å². The fourth-order valence-electron chi connectivity index (χ4n) is 2.93. The largest absolute Gasteiger partial charge is 0.311 e. The van der Waals surface area contributed by atoms with Crippen LogP contribution in [0.15, 0.2) is 24.3 Å². The minimum absolute atomic E-state index is 0.512. The van der Waals surface area contributed by atoms with Crippen molar-refractivity contribution < 1.29 is 0 Å². The monoisotopic (exact) mass is 277 g/mol. The summed E-state index contributed by atoms with van der Waals surface area (Å²) in [5, 5.41) is 3.66. The second-order valence-electron chi connectivity index (χ2n) is 6.09. The zero-order valence-corrected chi connectivity index (χ0v) is 13.4. The molecule has 1 aliphatic carbocycles. The highest BCUT2D eigenvalue weighted by Gasteiger charge is 2.32. The summed E-state index contributed by atoms with van der Waals surface area (Å²) in [6, 6.07) is 9.06. The molecule has 0 unspecified atom stereocenters. The van der Waals surface area contributed by atoms with Crippen molar-refractivity contribution in [3.63, 3.8) is 0 Å². The summed E-state index contributed by atoms with van der Waals surface area (Å²) in [7, 11) is 0. The molecule has 2 heteroatoms. The van der Waals surface area contributed by atoms with E-state index in [9.17, 15) is 0 Å². The Labute approximate surface area is 122 Å². The highest BCUT2D eigenvalue weighted by molar-refractivity contribution is 8.00. The standard InChI is InChI=1S/C17H27NS/c1-14(2)16-8-6-15(7-9-16)12-18-13-17(19-3)10-4-5-11-17/h6-9,14,18H,4-5,10-13H2,1-3H3. The van der Waals surface area contributed by atoms with Gasteiger partial charge in [-0.05, 0) is 36.1 Å². The molecule has 0 spiro atoms. The van der Waals surface area contributed by atoms with Crippen LogP contribution in [0.4, 0.5) is 0 Å². The van der Waals surface area contributed by atoms with E-state index in [2.05, 4.69) is 61.4 Å². The molecule has 0 aromatic heterocycles. The van der Waals surface area contributed by atoms with Gasteiger partial charge in [-0.25, -0.2) is 0 Å². The van der Waals surface area contributed by atoms with Gasteiger partial charge in [0.2, 0.25) is 0 Å². The molecule has 0 heterocycles. The van der Waals surface area contributed by atoms with Crippen LogP contribution in [0.5, 0.6) is 0 Å². The van der Waals surface area contributed by atoms with Crippen LogP contribution < -0.4 is 5.32 Å². The zero-order valence-electron chi connectivity index (χ0n) is 12.5. The first-order valence-electron chi connectivity index (χ1n) is 7.50. The lowest BCUT2D eigenvalue weighted by Crippen LogP contribution is -2.34. The average Bonchev–Trinajstić information content (AvgIpc) is 2.89. The molecule has 0 atom stereocenters. The maximum absolute atomic E-state index is 3.66. The Morgan fingerprint density at radius 1 is 1.16 bits per heavy atom. The second kappa shape index (κ2) is 6.81. The van der Waals surface area contributed by atoms with Crippen LogP contribution in [-0.4, -0.2) is 17.5 Å². The maximum atomic E-state index is 3.66. The molecule has 0 amide bonds. The topological polar surface area (TPSA) is 12.0 Å². The van der Waals surface area contributed by atoms with E-state index < -0.39 is 0 Å². The van der Waals surface area contributed by atoms with Gasteiger partial charge in [-0.1, -0.05) is 51.0 Å². The zero-order chi connectivity index (χ0) is 13.7. The van der Waals surface area contributed by atoms with E-state index in [-0.39, 0.29) is 0 Å². The van der Waals surface area contributed by atoms with E-state index in [1.807, 2.05) is 0 Å². The Bertz CT molecular complexity index is 377. The summed E-state index contributed by atoms with van der Waals surface area (Å²) in [6.45, 7) is 6.64. The molecule has 1 aliphatic rings. The molecular weight excluding hydrogens is 250 g/mol. The van der Waals surface area contributed by atoms with E-state index in [0.717, 1.165) is 13.1 Å². The molecule has 1 saturated carbocycles. The van der Waals surface area contributed by atoms with Crippen molar-refractivity contribution >= 4 is 11.8 Å². The van der Waals surface area contributed by atoms with Crippen LogP contribution >= 0.6 is 11.8 Å². The second-order valence-corrected chi connectivity index (χ2v) is 7.37. The minimum atomic E-state index is 0.512. The normalized spacial score (nSPS) is 18.1. The lowest BCUT2D eigenvalue weighted by molar-refractivity contribution is 0.533. The minimum Gasteiger partial charge on any atom is -0.311 e. The first-order valence-corrected chi connectivity index (χ1v) is 8.72. The maximum Gasteiger partial charge on any atom is 0.0281 e. The number of benzene rings is 1. The van der Waals surface area contributed by atoms with E-state index in [4.69, 9.17) is 0 Å². The Hall–Kier alpha value is -0.470. The Morgan fingerprint density at radius 2 is 1.79 bits per heavy atom. The summed E-state index contributed by atoms with van der Waals surface area (Å²) in [5.74, 6) is 0.625. The van der Waals surface area contributed by atoms with Crippen molar-refractivity contribution in [2.24, 2.45) is 0 Å². The number of thioether (sulfide) groups is 1. The summed E-state index contributed by atoms with van der Waals surface area (Å²) in [4.78, 5) is 0. The summed E-state index contributed by atoms with van der Waals surface area (Å²) < 4.78 is 0.512. The van der Waals surface area contributed by atoms with Gasteiger partial charge in [-0.3, -0.25) is 0 Å². The molecule has 2 rings (SSSR count). The number of nitrogens with one attached hydrogen (secondary N) is 1. The summed E-state index contributed by atoms with van der Waals surface area (Å²) in [5.41, 5.74) is 2.83. The fourth-order valence-corrected chi connectivity index (χ4v) is 3.87. The van der Waals surface area contributed by atoms with Gasteiger partial charge in [0.25, 0.3) is 0 Å². The van der Waals surface area contributed by atoms with Crippen molar-refractivity contribution in [2.45, 2.75) is 56.7 Å². The third-order valence-corrected chi connectivity index (χ3v) is 5.79. The van der Waals surface area contributed by atoms with Gasteiger partial charge in [-0.2, -0.15) is 11.8 Å². The van der Waals surface area contributed by atoms with Gasteiger partial charge in [0, 0.05) is 17.8 Å². The lowest BCUT2D eigenvalue weighted by atomic mass is 10.0. The predicted molar refractivity (Wildman–Crippen MR) is 87.0 cm³/mol. The third-order valence-electron chi connectivity index (χ3n) is 4.37. The first-order chi connectivity index (χ1) is 9.15. The third kappa shape index (κ3) is 4.00. The molecule has 106 valence electrons. The highest BCUT2D eigenvalue weighted by atomic mass is 32.2. The Kier molecular flexibility index (Phi) is 5.35. The average molecular weight is 277 g/mol. The van der Waals surface area contributed by atoms with Crippen LogP contribution in [-0.2, 0) is 6.54 Å². The van der Waals surface area contributed by atoms with Gasteiger partial charge in [-0.15, -0.1) is 0 Å². The SMILES string of the molecule is CSC1(CNCc2ccc(C(C)C)cc2)CCCC1. The smallest absolute Gasteiger partial charge is 0.0281 e. The quantitative estimate of drug-likeness (QED) is 0.817. The van der Waals surface area contributed by atoms with Crippen LogP contribution in [0.1, 0.15) is 56.6 Å². The highest BCUT2D eigenvalue weighted by Crippen LogP contribution is 2.39. The molecule has 0 aliphatic heterocycles. The van der Waals surface area contributed by atoms with Crippen molar-refractivity contribution in [2.75, 3.05) is 12.8 Å². The van der Waals surface area contributed by atoms with Crippen LogP contribution in [0.25, 0.3) is 0 Å². The van der Waals surface area contributed by atoms with Gasteiger partial charge in [0.05, 0.1) is 0 Å². The number of hydrogen-bond acceptors (Lipinski definition) is 2. The van der Waals surface area contributed by atoms with Gasteiger partial charge >= 0.3 is 0 Å². The molecule has 1 N–H and O–H groups in total. The number of hydrogen-bond donors (Lipinski definition) is 1. The molecule has 1 aromatic rings. The molecule has 1 nitrogen and oxygen atoms in total. The molecular formula is C17H27NS. The number of rotatable bonds is 6. The molecule has 0 radical (unpaired) electrons. The van der Waals surface area contributed by atoms with Crippen molar-refractivity contribution in [1.29, 1.82) is 0 Å². The van der Waals surface area contributed by atoms with E-state index >= 15 is 0 Å². The molecule has 0 bridgehead atoms. The van der Waals surface area contributed by atoms with Crippen molar-refractivity contribution in [3.8, 4) is 0 Å². The summed E-state index contributed by atoms with van der Waals surface area (Å²) in [6.07, 6.45) is 7.85.